The van der Waals surface area contributed by atoms with Gasteiger partial charge < -0.3 is 5.73 Å². The summed E-state index contributed by atoms with van der Waals surface area (Å²) < 4.78 is 0. The van der Waals surface area contributed by atoms with Crippen LogP contribution in [0.5, 0.6) is 0 Å². The lowest BCUT2D eigenvalue weighted by molar-refractivity contribution is 0.686. The van der Waals surface area contributed by atoms with E-state index in [1.807, 2.05) is 12.1 Å². The molecule has 1 aromatic carbocycles. The van der Waals surface area contributed by atoms with Crippen LogP contribution in [-0.2, 0) is 12.8 Å². The van der Waals surface area contributed by atoms with Crippen molar-refractivity contribution in [3.05, 3.63) is 28.8 Å². The molecule has 2 N–H and O–H groups in total. The Bertz CT molecular complexity index is 374. The minimum Gasteiger partial charge on any atom is -0.398 e. The van der Waals surface area contributed by atoms with Crippen molar-refractivity contribution in [2.75, 3.05) is 5.73 Å². The van der Waals surface area contributed by atoms with Gasteiger partial charge in [0, 0.05) is 5.69 Å². The topological polar surface area (TPSA) is 49.8 Å². The molecule has 0 unspecified atom stereocenters. The molecule has 0 heterocycles. The number of nitrogens with zero attached hydrogens (tertiary/aromatic N) is 1. The Kier molecular flexibility index (Phi) is 1.94. The molecule has 0 amide bonds. The molecule has 0 spiro atoms. The number of hydrogen-bond donors (Lipinski definition) is 1. The number of fused-ring (bicyclic) bond motifs is 1. The van der Waals surface area contributed by atoms with Crippen LogP contribution in [0.2, 0.25) is 0 Å². The first-order valence-corrected chi connectivity index (χ1v) is 4.63. The van der Waals surface area contributed by atoms with Gasteiger partial charge >= 0.3 is 0 Å². The molecule has 0 aromatic heterocycles. The average Bonchev–Trinajstić information content (AvgIpc) is 2.19. The van der Waals surface area contributed by atoms with Gasteiger partial charge in [-0.1, -0.05) is 0 Å². The summed E-state index contributed by atoms with van der Waals surface area (Å²) in [5.41, 5.74) is 9.92. The van der Waals surface area contributed by atoms with E-state index in [1.165, 1.54) is 24.0 Å². The van der Waals surface area contributed by atoms with Gasteiger partial charge in [-0.3, -0.25) is 0 Å². The molecule has 0 saturated heterocycles. The number of anilines is 1. The summed E-state index contributed by atoms with van der Waals surface area (Å²) in [5, 5.41) is 8.89. The third kappa shape index (κ3) is 1.27. The molecular formula is C11H12N2. The summed E-state index contributed by atoms with van der Waals surface area (Å²) in [7, 11) is 0. The predicted octanol–water partition coefficient (Wildman–Crippen LogP) is 2.02. The summed E-state index contributed by atoms with van der Waals surface area (Å²) in [6.45, 7) is 0. The van der Waals surface area contributed by atoms with Crippen molar-refractivity contribution in [1.29, 1.82) is 5.26 Å². The SMILES string of the molecule is N#Cc1ccc(N)c2c1CCCC2. The van der Waals surface area contributed by atoms with Crippen LogP contribution in [-0.4, -0.2) is 0 Å². The lowest BCUT2D eigenvalue weighted by atomic mass is 9.87. The molecule has 66 valence electrons. The monoisotopic (exact) mass is 172 g/mol. The lowest BCUT2D eigenvalue weighted by Crippen LogP contribution is -2.08. The molecule has 2 heteroatoms. The highest BCUT2D eigenvalue weighted by molar-refractivity contribution is 5.57. The molecule has 0 aliphatic heterocycles. The van der Waals surface area contributed by atoms with E-state index in [1.54, 1.807) is 0 Å². The van der Waals surface area contributed by atoms with Gasteiger partial charge in [-0.25, -0.2) is 0 Å². The van der Waals surface area contributed by atoms with E-state index < -0.39 is 0 Å². The van der Waals surface area contributed by atoms with Crippen molar-refractivity contribution in [2.24, 2.45) is 0 Å². The van der Waals surface area contributed by atoms with Crippen molar-refractivity contribution >= 4 is 5.69 Å². The fourth-order valence-electron chi connectivity index (χ4n) is 2.00. The minimum absolute atomic E-state index is 0.809. The molecule has 0 fully saturated rings. The van der Waals surface area contributed by atoms with E-state index in [0.717, 1.165) is 24.1 Å². The van der Waals surface area contributed by atoms with Crippen molar-refractivity contribution in [3.63, 3.8) is 0 Å². The number of nitriles is 1. The van der Waals surface area contributed by atoms with Gasteiger partial charge in [-0.05, 0) is 48.9 Å². The molecule has 0 saturated carbocycles. The maximum absolute atomic E-state index is 8.89. The molecule has 1 aliphatic rings. The summed E-state index contributed by atoms with van der Waals surface area (Å²) in [4.78, 5) is 0. The lowest BCUT2D eigenvalue weighted by Gasteiger charge is -2.18. The van der Waals surface area contributed by atoms with Crippen LogP contribution in [0, 0.1) is 11.3 Å². The Morgan fingerprint density at radius 1 is 1.15 bits per heavy atom. The van der Waals surface area contributed by atoms with Crippen molar-refractivity contribution < 1.29 is 0 Å². The first kappa shape index (κ1) is 8.12. The van der Waals surface area contributed by atoms with E-state index in [2.05, 4.69) is 6.07 Å². The average molecular weight is 172 g/mol. The fraction of sp³-hybridized carbons (Fsp3) is 0.364. The van der Waals surface area contributed by atoms with E-state index in [-0.39, 0.29) is 0 Å². The third-order valence-corrected chi connectivity index (χ3v) is 2.69. The van der Waals surface area contributed by atoms with Crippen LogP contribution < -0.4 is 5.73 Å². The second-order valence-corrected chi connectivity index (χ2v) is 3.48. The quantitative estimate of drug-likeness (QED) is 0.608. The standard InChI is InChI=1S/C11H12N2/c12-7-8-5-6-11(13)10-4-2-1-3-9(8)10/h5-6H,1-4,13H2. The van der Waals surface area contributed by atoms with Gasteiger partial charge in [-0.2, -0.15) is 5.26 Å². The summed E-state index contributed by atoms with van der Waals surface area (Å²) >= 11 is 0. The van der Waals surface area contributed by atoms with Crippen LogP contribution in [0.1, 0.15) is 29.5 Å². The third-order valence-electron chi connectivity index (χ3n) is 2.69. The molecule has 0 bridgehead atoms. The second-order valence-electron chi connectivity index (χ2n) is 3.48. The summed E-state index contributed by atoms with van der Waals surface area (Å²) in [6.07, 6.45) is 4.44. The number of benzene rings is 1. The van der Waals surface area contributed by atoms with Crippen molar-refractivity contribution in [2.45, 2.75) is 25.7 Å². The molecule has 13 heavy (non-hydrogen) atoms. The van der Waals surface area contributed by atoms with Gasteiger partial charge in [-0.15, -0.1) is 0 Å². The Hall–Kier alpha value is -1.49. The molecule has 2 nitrogen and oxygen atoms in total. The maximum atomic E-state index is 8.89. The summed E-state index contributed by atoms with van der Waals surface area (Å²) in [5.74, 6) is 0. The normalized spacial score (nSPS) is 14.7. The number of rotatable bonds is 0. The maximum Gasteiger partial charge on any atom is 0.0994 e. The zero-order valence-corrected chi connectivity index (χ0v) is 7.51. The number of hydrogen-bond acceptors (Lipinski definition) is 2. The van der Waals surface area contributed by atoms with Crippen LogP contribution in [0.25, 0.3) is 0 Å². The Labute approximate surface area is 78.0 Å². The molecular weight excluding hydrogens is 160 g/mol. The van der Waals surface area contributed by atoms with Gasteiger partial charge in [0.1, 0.15) is 0 Å². The fourth-order valence-corrected chi connectivity index (χ4v) is 2.00. The Morgan fingerprint density at radius 2 is 1.85 bits per heavy atom. The van der Waals surface area contributed by atoms with Crippen LogP contribution in [0.15, 0.2) is 12.1 Å². The van der Waals surface area contributed by atoms with Crippen LogP contribution in [0.3, 0.4) is 0 Å². The first-order chi connectivity index (χ1) is 6.33. The number of nitrogen functional groups attached to an aromatic ring is 1. The zero-order chi connectivity index (χ0) is 9.26. The van der Waals surface area contributed by atoms with Crippen molar-refractivity contribution in [1.82, 2.24) is 0 Å². The van der Waals surface area contributed by atoms with Gasteiger partial charge in [0.2, 0.25) is 0 Å². The first-order valence-electron chi connectivity index (χ1n) is 4.63. The zero-order valence-electron chi connectivity index (χ0n) is 7.51. The molecule has 1 aromatic rings. The van der Waals surface area contributed by atoms with Crippen LogP contribution >= 0.6 is 0 Å². The van der Waals surface area contributed by atoms with Gasteiger partial charge in [0.05, 0.1) is 11.6 Å². The smallest absolute Gasteiger partial charge is 0.0994 e. The number of nitrogens with two attached hydrogens (primary N) is 1. The highest BCUT2D eigenvalue weighted by Crippen LogP contribution is 2.28. The van der Waals surface area contributed by atoms with E-state index in [0.29, 0.717) is 0 Å². The Balaban J connectivity index is 2.61. The predicted molar refractivity (Wildman–Crippen MR) is 52.2 cm³/mol. The highest BCUT2D eigenvalue weighted by Gasteiger charge is 2.15. The van der Waals surface area contributed by atoms with Crippen LogP contribution in [0.4, 0.5) is 5.69 Å². The van der Waals surface area contributed by atoms with E-state index >= 15 is 0 Å². The molecule has 2 rings (SSSR count). The van der Waals surface area contributed by atoms with E-state index in [9.17, 15) is 0 Å². The van der Waals surface area contributed by atoms with E-state index in [4.69, 9.17) is 11.0 Å². The second kappa shape index (κ2) is 3.10. The van der Waals surface area contributed by atoms with Gasteiger partial charge in [0.25, 0.3) is 0 Å². The highest BCUT2D eigenvalue weighted by atomic mass is 14.6. The molecule has 0 atom stereocenters. The Morgan fingerprint density at radius 3 is 2.54 bits per heavy atom. The summed E-state index contributed by atoms with van der Waals surface area (Å²) in [6, 6.07) is 5.91. The largest absolute Gasteiger partial charge is 0.398 e. The van der Waals surface area contributed by atoms with Gasteiger partial charge in [0.15, 0.2) is 0 Å². The minimum atomic E-state index is 0.809. The van der Waals surface area contributed by atoms with Crippen molar-refractivity contribution in [3.8, 4) is 6.07 Å². The molecule has 0 radical (unpaired) electrons. The molecule has 1 aliphatic carbocycles.